The van der Waals surface area contributed by atoms with Crippen LogP contribution >= 0.6 is 23.2 Å². The van der Waals surface area contributed by atoms with E-state index >= 15 is 0 Å². The SMILES string of the molecule is [CH]=C(Cl)C(O)COc1cccc(Cl)c1. The maximum absolute atomic E-state index is 9.21. The Bertz CT molecular complexity index is 326. The molecule has 0 aliphatic heterocycles. The summed E-state index contributed by atoms with van der Waals surface area (Å²) in [5.41, 5.74) is 0. The summed E-state index contributed by atoms with van der Waals surface area (Å²) in [4.78, 5) is 0. The number of rotatable bonds is 4. The number of benzene rings is 1. The smallest absolute Gasteiger partial charge is 0.123 e. The molecular formula is C10H9Cl2O2. The fourth-order valence-electron chi connectivity index (χ4n) is 0.812. The van der Waals surface area contributed by atoms with E-state index in [0.717, 1.165) is 0 Å². The lowest BCUT2D eigenvalue weighted by molar-refractivity contribution is 0.141. The quantitative estimate of drug-likeness (QED) is 0.864. The molecule has 14 heavy (non-hydrogen) atoms. The second-order valence-corrected chi connectivity index (χ2v) is 3.54. The Morgan fingerprint density at radius 1 is 1.57 bits per heavy atom. The number of hydrogen-bond donors (Lipinski definition) is 1. The summed E-state index contributed by atoms with van der Waals surface area (Å²) < 4.78 is 5.19. The lowest BCUT2D eigenvalue weighted by atomic mass is 10.3. The van der Waals surface area contributed by atoms with Crippen LogP contribution in [-0.4, -0.2) is 17.8 Å². The van der Waals surface area contributed by atoms with E-state index in [1.165, 1.54) is 0 Å². The minimum atomic E-state index is -0.976. The molecule has 1 unspecified atom stereocenters. The van der Waals surface area contributed by atoms with Gasteiger partial charge in [-0.05, 0) is 24.8 Å². The van der Waals surface area contributed by atoms with Gasteiger partial charge in [0.05, 0.1) is 5.03 Å². The monoisotopic (exact) mass is 231 g/mol. The van der Waals surface area contributed by atoms with Crippen molar-refractivity contribution in [3.8, 4) is 5.75 Å². The van der Waals surface area contributed by atoms with Gasteiger partial charge in [0.15, 0.2) is 0 Å². The number of halogens is 2. The van der Waals surface area contributed by atoms with E-state index in [9.17, 15) is 5.11 Å². The second kappa shape index (κ2) is 5.25. The fourth-order valence-corrected chi connectivity index (χ4v) is 1.05. The van der Waals surface area contributed by atoms with Crippen LogP contribution in [0.3, 0.4) is 0 Å². The van der Waals surface area contributed by atoms with Crippen LogP contribution in [0.1, 0.15) is 0 Å². The molecule has 0 aliphatic carbocycles. The molecular weight excluding hydrogens is 223 g/mol. The van der Waals surface area contributed by atoms with Crippen molar-refractivity contribution in [2.75, 3.05) is 6.61 Å². The van der Waals surface area contributed by atoms with E-state index < -0.39 is 6.10 Å². The van der Waals surface area contributed by atoms with E-state index in [1.807, 2.05) is 0 Å². The molecule has 0 spiro atoms. The number of aliphatic hydroxyl groups excluding tert-OH is 1. The summed E-state index contributed by atoms with van der Waals surface area (Å²) in [6, 6.07) is 6.84. The van der Waals surface area contributed by atoms with Crippen LogP contribution in [-0.2, 0) is 0 Å². The van der Waals surface area contributed by atoms with E-state index in [0.29, 0.717) is 10.8 Å². The van der Waals surface area contributed by atoms with Crippen molar-refractivity contribution in [3.05, 3.63) is 40.9 Å². The van der Waals surface area contributed by atoms with Crippen molar-refractivity contribution in [3.63, 3.8) is 0 Å². The fraction of sp³-hybridized carbons (Fsp3) is 0.200. The lowest BCUT2D eigenvalue weighted by Gasteiger charge is -2.10. The number of aliphatic hydroxyl groups is 1. The zero-order valence-corrected chi connectivity index (χ0v) is 8.79. The second-order valence-electron chi connectivity index (χ2n) is 2.67. The van der Waals surface area contributed by atoms with Gasteiger partial charge in [-0.2, -0.15) is 0 Å². The topological polar surface area (TPSA) is 29.5 Å². The highest BCUT2D eigenvalue weighted by Gasteiger charge is 2.07. The molecule has 0 saturated carbocycles. The molecule has 75 valence electrons. The van der Waals surface area contributed by atoms with E-state index in [2.05, 4.69) is 0 Å². The van der Waals surface area contributed by atoms with Gasteiger partial charge in [0.25, 0.3) is 0 Å². The molecule has 0 aliphatic rings. The van der Waals surface area contributed by atoms with Crippen LogP contribution < -0.4 is 4.74 Å². The molecule has 0 amide bonds. The Balaban J connectivity index is 2.49. The molecule has 1 N–H and O–H groups in total. The molecule has 0 fully saturated rings. The number of ether oxygens (including phenoxy) is 1. The van der Waals surface area contributed by atoms with Crippen molar-refractivity contribution in [1.82, 2.24) is 0 Å². The van der Waals surface area contributed by atoms with Crippen molar-refractivity contribution in [1.29, 1.82) is 0 Å². The third-order valence-corrected chi connectivity index (χ3v) is 2.01. The summed E-state index contributed by atoms with van der Waals surface area (Å²) in [7, 11) is 0. The maximum Gasteiger partial charge on any atom is 0.123 e. The van der Waals surface area contributed by atoms with Gasteiger partial charge in [0, 0.05) is 5.02 Å². The first-order valence-electron chi connectivity index (χ1n) is 3.94. The Kier molecular flexibility index (Phi) is 4.26. The average molecular weight is 232 g/mol. The molecule has 1 aromatic rings. The van der Waals surface area contributed by atoms with Gasteiger partial charge in [-0.3, -0.25) is 0 Å². The number of hydrogen-bond acceptors (Lipinski definition) is 2. The van der Waals surface area contributed by atoms with Crippen LogP contribution in [0.2, 0.25) is 5.02 Å². The first-order chi connectivity index (χ1) is 6.59. The van der Waals surface area contributed by atoms with Gasteiger partial charge < -0.3 is 9.84 Å². The standard InChI is InChI=1S/C10H9Cl2O2/c1-7(11)10(13)6-14-9-4-2-3-8(12)5-9/h1-5,10,13H,6H2. The molecule has 1 aromatic carbocycles. The highest BCUT2D eigenvalue weighted by molar-refractivity contribution is 6.30. The highest BCUT2D eigenvalue weighted by atomic mass is 35.5. The Labute approximate surface area is 92.7 Å². The van der Waals surface area contributed by atoms with Gasteiger partial charge in [-0.25, -0.2) is 0 Å². The molecule has 0 heterocycles. The lowest BCUT2D eigenvalue weighted by Crippen LogP contribution is -2.17. The minimum Gasteiger partial charge on any atom is -0.490 e. The van der Waals surface area contributed by atoms with Gasteiger partial charge in [-0.15, -0.1) is 0 Å². The van der Waals surface area contributed by atoms with Crippen LogP contribution in [0.15, 0.2) is 29.3 Å². The third-order valence-electron chi connectivity index (χ3n) is 1.52. The zero-order chi connectivity index (χ0) is 10.6. The Morgan fingerprint density at radius 2 is 2.29 bits per heavy atom. The predicted molar refractivity (Wildman–Crippen MR) is 56.6 cm³/mol. The van der Waals surface area contributed by atoms with Crippen LogP contribution in [0.5, 0.6) is 5.75 Å². The van der Waals surface area contributed by atoms with Crippen molar-refractivity contribution >= 4 is 23.2 Å². The van der Waals surface area contributed by atoms with Crippen LogP contribution in [0.4, 0.5) is 0 Å². The van der Waals surface area contributed by atoms with Crippen LogP contribution in [0, 0.1) is 6.58 Å². The maximum atomic E-state index is 9.21. The molecule has 4 heteroatoms. The van der Waals surface area contributed by atoms with Crippen molar-refractivity contribution in [2.24, 2.45) is 0 Å². The molecule has 0 aromatic heterocycles. The van der Waals surface area contributed by atoms with Gasteiger partial charge in [-0.1, -0.05) is 29.3 Å². The largest absolute Gasteiger partial charge is 0.490 e. The van der Waals surface area contributed by atoms with E-state index in [-0.39, 0.29) is 11.6 Å². The Morgan fingerprint density at radius 3 is 2.86 bits per heavy atom. The minimum absolute atomic E-state index is 0.00960. The molecule has 0 saturated heterocycles. The molecule has 1 rings (SSSR count). The normalized spacial score (nSPS) is 12.2. The summed E-state index contributed by atoms with van der Waals surface area (Å²) in [5.74, 6) is 0.564. The highest BCUT2D eigenvalue weighted by Crippen LogP contribution is 2.17. The van der Waals surface area contributed by atoms with Gasteiger partial charge in [0.1, 0.15) is 18.5 Å². The first-order valence-corrected chi connectivity index (χ1v) is 4.69. The van der Waals surface area contributed by atoms with Gasteiger partial charge in [0.2, 0.25) is 0 Å². The van der Waals surface area contributed by atoms with E-state index in [1.54, 1.807) is 24.3 Å². The van der Waals surface area contributed by atoms with Crippen molar-refractivity contribution < 1.29 is 9.84 Å². The van der Waals surface area contributed by atoms with E-state index in [4.69, 9.17) is 34.5 Å². The average Bonchev–Trinajstić information content (AvgIpc) is 2.14. The summed E-state index contributed by atoms with van der Waals surface area (Å²) in [6.07, 6.45) is -0.976. The first kappa shape index (κ1) is 11.4. The summed E-state index contributed by atoms with van der Waals surface area (Å²) in [5, 5.41) is 9.68. The summed E-state index contributed by atoms with van der Waals surface area (Å²) in [6.45, 7) is 5.17. The zero-order valence-electron chi connectivity index (χ0n) is 7.28. The van der Waals surface area contributed by atoms with Crippen LogP contribution in [0.25, 0.3) is 0 Å². The van der Waals surface area contributed by atoms with Gasteiger partial charge >= 0.3 is 0 Å². The van der Waals surface area contributed by atoms with Crippen molar-refractivity contribution in [2.45, 2.75) is 6.10 Å². The molecule has 2 nitrogen and oxygen atoms in total. The summed E-state index contributed by atoms with van der Waals surface area (Å²) >= 11 is 11.1. The third kappa shape index (κ3) is 3.58. The predicted octanol–water partition coefficient (Wildman–Crippen LogP) is 2.64. The molecule has 1 atom stereocenters. The Hall–Kier alpha value is -0.700. The molecule has 0 bridgehead atoms. The molecule has 1 radical (unpaired) electrons.